The van der Waals surface area contributed by atoms with Gasteiger partial charge in [-0.1, -0.05) is 18.2 Å². The van der Waals surface area contributed by atoms with Crippen LogP contribution in [-0.2, 0) is 6.54 Å². The Bertz CT molecular complexity index is 332. The second-order valence-corrected chi connectivity index (χ2v) is 4.83. The zero-order chi connectivity index (χ0) is 11.4. The van der Waals surface area contributed by atoms with Crippen molar-refractivity contribution in [3.05, 3.63) is 35.6 Å². The van der Waals surface area contributed by atoms with Crippen molar-refractivity contribution in [3.63, 3.8) is 0 Å². The third-order valence-corrected chi connectivity index (χ3v) is 3.51. The van der Waals surface area contributed by atoms with Crippen LogP contribution in [0.3, 0.4) is 0 Å². The standard InChI is InChI=1S/C13H19FN2/c1-16-8-6-12(7-9-16)15-10-11-4-2-3-5-13(11)14/h2-5,12,15H,6-10H2,1H3/p+2. The van der Waals surface area contributed by atoms with Crippen molar-refractivity contribution in [1.29, 1.82) is 0 Å². The molecule has 3 N–H and O–H groups in total. The van der Waals surface area contributed by atoms with Crippen molar-refractivity contribution in [3.8, 4) is 0 Å². The fourth-order valence-electron chi connectivity index (χ4n) is 2.33. The SMILES string of the molecule is C[NH+]1CCC([NH2+]Cc2ccccc2F)CC1. The fraction of sp³-hybridized carbons (Fsp3) is 0.538. The summed E-state index contributed by atoms with van der Waals surface area (Å²) in [6, 6.07) is 7.76. The van der Waals surface area contributed by atoms with E-state index in [1.165, 1.54) is 25.9 Å². The highest BCUT2D eigenvalue weighted by Gasteiger charge is 2.21. The van der Waals surface area contributed by atoms with Crippen LogP contribution >= 0.6 is 0 Å². The maximum atomic E-state index is 13.4. The van der Waals surface area contributed by atoms with Crippen LogP contribution in [0.5, 0.6) is 0 Å². The minimum atomic E-state index is -0.0719. The van der Waals surface area contributed by atoms with Gasteiger partial charge in [0.05, 0.1) is 26.2 Å². The number of rotatable bonds is 3. The van der Waals surface area contributed by atoms with E-state index in [9.17, 15) is 4.39 Å². The molecule has 0 bridgehead atoms. The Morgan fingerprint density at radius 3 is 2.69 bits per heavy atom. The van der Waals surface area contributed by atoms with Crippen molar-refractivity contribution < 1.29 is 14.6 Å². The summed E-state index contributed by atoms with van der Waals surface area (Å²) in [5.74, 6) is -0.0719. The van der Waals surface area contributed by atoms with Gasteiger partial charge in [0.15, 0.2) is 0 Å². The molecule has 1 aromatic rings. The quantitative estimate of drug-likeness (QED) is 0.695. The van der Waals surface area contributed by atoms with E-state index in [4.69, 9.17) is 0 Å². The van der Waals surface area contributed by atoms with Crippen molar-refractivity contribution in [2.75, 3.05) is 20.1 Å². The van der Waals surface area contributed by atoms with Crippen molar-refractivity contribution in [2.24, 2.45) is 0 Å². The largest absolute Gasteiger partial charge is 0.340 e. The molecule has 1 saturated heterocycles. The Kier molecular flexibility index (Phi) is 3.91. The van der Waals surface area contributed by atoms with Gasteiger partial charge in [-0.3, -0.25) is 0 Å². The number of quaternary nitrogens is 2. The van der Waals surface area contributed by atoms with Crippen LogP contribution in [0.15, 0.2) is 24.3 Å². The number of nitrogens with two attached hydrogens (primary N) is 1. The Morgan fingerprint density at radius 2 is 2.00 bits per heavy atom. The van der Waals surface area contributed by atoms with E-state index in [1.807, 2.05) is 12.1 Å². The number of piperidine rings is 1. The van der Waals surface area contributed by atoms with Crippen LogP contribution in [0.25, 0.3) is 0 Å². The van der Waals surface area contributed by atoms with Gasteiger partial charge in [0, 0.05) is 18.4 Å². The molecule has 0 radical (unpaired) electrons. The average molecular weight is 224 g/mol. The topological polar surface area (TPSA) is 21.1 Å². The van der Waals surface area contributed by atoms with Gasteiger partial charge in [0.25, 0.3) is 0 Å². The second kappa shape index (κ2) is 5.41. The van der Waals surface area contributed by atoms with E-state index in [-0.39, 0.29) is 5.82 Å². The Morgan fingerprint density at radius 1 is 1.31 bits per heavy atom. The molecule has 2 rings (SSSR count). The van der Waals surface area contributed by atoms with E-state index in [0.29, 0.717) is 6.04 Å². The molecule has 3 heteroatoms. The summed E-state index contributed by atoms with van der Waals surface area (Å²) < 4.78 is 13.4. The number of likely N-dealkylation sites (tertiary alicyclic amines) is 1. The average Bonchev–Trinajstić information content (AvgIpc) is 2.30. The highest BCUT2D eigenvalue weighted by Crippen LogP contribution is 2.04. The number of nitrogens with one attached hydrogen (secondary N) is 1. The zero-order valence-corrected chi connectivity index (χ0v) is 9.88. The van der Waals surface area contributed by atoms with Crippen molar-refractivity contribution >= 4 is 0 Å². The minimum Gasteiger partial charge on any atom is -0.340 e. The lowest BCUT2D eigenvalue weighted by atomic mass is 10.1. The minimum absolute atomic E-state index is 0.0719. The van der Waals surface area contributed by atoms with E-state index >= 15 is 0 Å². The Labute approximate surface area is 96.5 Å². The van der Waals surface area contributed by atoms with Gasteiger partial charge < -0.3 is 10.2 Å². The first-order valence-electron chi connectivity index (χ1n) is 6.14. The molecular weight excluding hydrogens is 203 g/mol. The Balaban J connectivity index is 1.81. The normalized spacial score (nSPS) is 25.6. The van der Waals surface area contributed by atoms with Gasteiger partial charge in [-0.25, -0.2) is 4.39 Å². The van der Waals surface area contributed by atoms with Gasteiger partial charge in [0.1, 0.15) is 12.4 Å². The van der Waals surface area contributed by atoms with Crippen LogP contribution in [0.2, 0.25) is 0 Å². The summed E-state index contributed by atoms with van der Waals surface area (Å²) >= 11 is 0. The third-order valence-electron chi connectivity index (χ3n) is 3.51. The van der Waals surface area contributed by atoms with Crippen LogP contribution < -0.4 is 10.2 Å². The highest BCUT2D eigenvalue weighted by molar-refractivity contribution is 5.15. The zero-order valence-electron chi connectivity index (χ0n) is 9.88. The Hall–Kier alpha value is -0.930. The first kappa shape index (κ1) is 11.6. The number of benzene rings is 1. The number of hydrogen-bond acceptors (Lipinski definition) is 0. The van der Waals surface area contributed by atoms with Crippen molar-refractivity contribution in [2.45, 2.75) is 25.4 Å². The fourth-order valence-corrected chi connectivity index (χ4v) is 2.33. The molecule has 88 valence electrons. The predicted octanol–water partition coefficient (Wildman–Crippen LogP) is -0.434. The van der Waals surface area contributed by atoms with E-state index in [1.54, 1.807) is 17.0 Å². The highest BCUT2D eigenvalue weighted by atomic mass is 19.1. The van der Waals surface area contributed by atoms with E-state index < -0.39 is 0 Å². The van der Waals surface area contributed by atoms with Crippen LogP contribution in [0.4, 0.5) is 4.39 Å². The summed E-state index contributed by atoms with van der Waals surface area (Å²) in [5.41, 5.74) is 0.828. The number of halogens is 1. The molecule has 1 fully saturated rings. The van der Waals surface area contributed by atoms with Crippen LogP contribution in [0, 0.1) is 5.82 Å². The summed E-state index contributed by atoms with van der Waals surface area (Å²) in [7, 11) is 2.24. The first-order valence-corrected chi connectivity index (χ1v) is 6.14. The summed E-state index contributed by atoms with van der Waals surface area (Å²) in [4.78, 5) is 1.62. The number of hydrogen-bond donors (Lipinski definition) is 2. The van der Waals surface area contributed by atoms with Gasteiger partial charge in [-0.2, -0.15) is 0 Å². The lowest BCUT2D eigenvalue weighted by Crippen LogP contribution is -3.12. The molecule has 0 amide bonds. The molecule has 0 aromatic heterocycles. The molecule has 1 aliphatic rings. The smallest absolute Gasteiger partial charge is 0.132 e. The van der Waals surface area contributed by atoms with Crippen LogP contribution in [0.1, 0.15) is 18.4 Å². The van der Waals surface area contributed by atoms with Crippen LogP contribution in [-0.4, -0.2) is 26.2 Å². The molecular formula is C13H21FN2+2. The molecule has 0 saturated carbocycles. The summed E-state index contributed by atoms with van der Waals surface area (Å²) in [6.07, 6.45) is 2.50. The lowest BCUT2D eigenvalue weighted by molar-refractivity contribution is -0.894. The molecule has 1 heterocycles. The monoisotopic (exact) mass is 224 g/mol. The van der Waals surface area contributed by atoms with E-state index in [2.05, 4.69) is 12.4 Å². The third kappa shape index (κ3) is 3.03. The van der Waals surface area contributed by atoms with E-state index in [0.717, 1.165) is 12.1 Å². The predicted molar refractivity (Wildman–Crippen MR) is 61.7 cm³/mol. The maximum absolute atomic E-state index is 13.4. The van der Waals surface area contributed by atoms with Gasteiger partial charge in [-0.15, -0.1) is 0 Å². The lowest BCUT2D eigenvalue weighted by Gasteiger charge is -2.24. The molecule has 0 unspecified atom stereocenters. The van der Waals surface area contributed by atoms with Crippen molar-refractivity contribution in [1.82, 2.24) is 0 Å². The van der Waals surface area contributed by atoms with Gasteiger partial charge in [-0.05, 0) is 6.07 Å². The molecule has 2 nitrogen and oxygen atoms in total. The van der Waals surface area contributed by atoms with Gasteiger partial charge >= 0.3 is 0 Å². The summed E-state index contributed by atoms with van der Waals surface area (Å²) in [6.45, 7) is 3.27. The first-order chi connectivity index (χ1) is 7.75. The molecule has 1 aliphatic heterocycles. The maximum Gasteiger partial charge on any atom is 0.132 e. The molecule has 16 heavy (non-hydrogen) atoms. The van der Waals surface area contributed by atoms with Gasteiger partial charge in [0.2, 0.25) is 0 Å². The molecule has 0 spiro atoms. The molecule has 0 atom stereocenters. The molecule has 0 aliphatic carbocycles. The summed E-state index contributed by atoms with van der Waals surface area (Å²) in [5, 5.41) is 2.30. The second-order valence-electron chi connectivity index (χ2n) is 4.83. The molecule has 1 aromatic carbocycles.